The zero-order chi connectivity index (χ0) is 16.4. The Kier molecular flexibility index (Phi) is 4.16. The van der Waals surface area contributed by atoms with Gasteiger partial charge in [-0.1, -0.05) is 18.2 Å². The first-order valence-electron chi connectivity index (χ1n) is 6.89. The quantitative estimate of drug-likeness (QED) is 0.729. The summed E-state index contributed by atoms with van der Waals surface area (Å²) in [6.07, 6.45) is 0.871. The fraction of sp³-hybridized carbons (Fsp3) is 0.133. The van der Waals surface area contributed by atoms with Crippen molar-refractivity contribution < 1.29 is 9.90 Å². The third kappa shape index (κ3) is 2.98. The summed E-state index contributed by atoms with van der Waals surface area (Å²) in [4.78, 5) is 23.5. The molecule has 2 N–H and O–H groups in total. The number of carboxylic acid groups (broad SMARTS) is 1. The van der Waals surface area contributed by atoms with E-state index in [-0.39, 0.29) is 12.1 Å². The summed E-state index contributed by atoms with van der Waals surface area (Å²) in [7, 11) is 0. The van der Waals surface area contributed by atoms with Gasteiger partial charge in [-0.15, -0.1) is 0 Å². The van der Waals surface area contributed by atoms with Crippen molar-refractivity contribution in [3.05, 3.63) is 63.2 Å². The number of halogens is 1. The number of benzene rings is 1. The van der Waals surface area contributed by atoms with Crippen LogP contribution in [0, 0.1) is 0 Å². The molecule has 0 radical (unpaired) electrons. The Morgan fingerprint density at radius 1 is 1.26 bits per heavy atom. The molecular formula is C15H13BrN4O3. The average Bonchev–Trinajstić information content (AvgIpc) is 2.89. The molecular weight excluding hydrogens is 364 g/mol. The molecule has 0 saturated carbocycles. The summed E-state index contributed by atoms with van der Waals surface area (Å²) < 4.78 is 3.67. The summed E-state index contributed by atoms with van der Waals surface area (Å²) in [6.45, 7) is 0.169. The number of para-hydroxylation sites is 1. The second-order valence-electron chi connectivity index (χ2n) is 4.83. The molecule has 0 unspecified atom stereocenters. The summed E-state index contributed by atoms with van der Waals surface area (Å²) in [5, 5.41) is 15.4. The van der Waals surface area contributed by atoms with E-state index in [4.69, 9.17) is 5.11 Å². The van der Waals surface area contributed by atoms with Crippen molar-refractivity contribution in [1.82, 2.24) is 19.5 Å². The van der Waals surface area contributed by atoms with Crippen LogP contribution in [0.2, 0.25) is 0 Å². The summed E-state index contributed by atoms with van der Waals surface area (Å²) in [5.41, 5.74) is 0.906. The maximum Gasteiger partial charge on any atom is 0.404 e. The molecule has 0 aliphatic rings. The standard InChI is InChI=1S/C15H13BrN4O3/c16-11-7-9-19-13(11)14(21)20(10-4-2-1-3-5-10)12(18-19)6-8-17-15(22)23/h1-5,7,9,17H,6,8H2,(H,22,23). The second kappa shape index (κ2) is 6.25. The first-order chi connectivity index (χ1) is 11.1. The van der Waals surface area contributed by atoms with Crippen LogP contribution in [0.1, 0.15) is 5.82 Å². The van der Waals surface area contributed by atoms with Crippen molar-refractivity contribution in [2.24, 2.45) is 0 Å². The summed E-state index contributed by atoms with van der Waals surface area (Å²) in [5.74, 6) is 0.477. The summed E-state index contributed by atoms with van der Waals surface area (Å²) >= 11 is 3.36. The van der Waals surface area contributed by atoms with Crippen molar-refractivity contribution in [3.63, 3.8) is 0 Å². The lowest BCUT2D eigenvalue weighted by atomic mass is 10.3. The Balaban J connectivity index is 2.16. The van der Waals surface area contributed by atoms with Gasteiger partial charge in [-0.25, -0.2) is 9.31 Å². The highest BCUT2D eigenvalue weighted by Crippen LogP contribution is 2.17. The highest BCUT2D eigenvalue weighted by atomic mass is 79.9. The van der Waals surface area contributed by atoms with Gasteiger partial charge in [-0.05, 0) is 34.1 Å². The minimum atomic E-state index is -1.11. The van der Waals surface area contributed by atoms with Gasteiger partial charge in [0.15, 0.2) is 0 Å². The third-order valence-corrected chi connectivity index (χ3v) is 3.98. The number of nitrogens with one attached hydrogen (secondary N) is 1. The predicted octanol–water partition coefficient (Wildman–Crippen LogP) is 2.06. The minimum absolute atomic E-state index is 0.169. The smallest absolute Gasteiger partial charge is 0.404 e. The van der Waals surface area contributed by atoms with Gasteiger partial charge in [0.25, 0.3) is 5.56 Å². The van der Waals surface area contributed by atoms with Gasteiger partial charge in [0.05, 0.1) is 10.2 Å². The second-order valence-corrected chi connectivity index (χ2v) is 5.69. The third-order valence-electron chi connectivity index (χ3n) is 3.34. The number of carbonyl (C=O) groups is 1. The van der Waals surface area contributed by atoms with Crippen LogP contribution in [-0.4, -0.2) is 31.9 Å². The molecule has 1 amide bonds. The molecule has 23 heavy (non-hydrogen) atoms. The van der Waals surface area contributed by atoms with Gasteiger partial charge >= 0.3 is 6.09 Å². The van der Waals surface area contributed by atoms with Gasteiger partial charge in [-0.3, -0.25) is 9.36 Å². The highest BCUT2D eigenvalue weighted by molar-refractivity contribution is 9.10. The lowest BCUT2D eigenvalue weighted by Gasteiger charge is -2.13. The van der Waals surface area contributed by atoms with E-state index >= 15 is 0 Å². The molecule has 0 aliphatic carbocycles. The molecule has 0 atom stereocenters. The molecule has 0 spiro atoms. The number of rotatable bonds is 4. The van der Waals surface area contributed by atoms with E-state index in [2.05, 4.69) is 26.3 Å². The Morgan fingerprint density at radius 2 is 2.00 bits per heavy atom. The van der Waals surface area contributed by atoms with Crippen LogP contribution in [-0.2, 0) is 6.42 Å². The van der Waals surface area contributed by atoms with Crippen LogP contribution >= 0.6 is 15.9 Å². The van der Waals surface area contributed by atoms with Gasteiger partial charge < -0.3 is 10.4 Å². The van der Waals surface area contributed by atoms with Crippen LogP contribution in [0.3, 0.4) is 0 Å². The number of hydrogen-bond acceptors (Lipinski definition) is 3. The maximum atomic E-state index is 12.9. The topological polar surface area (TPSA) is 88.6 Å². The maximum absolute atomic E-state index is 12.9. The average molecular weight is 377 g/mol. The zero-order valence-electron chi connectivity index (χ0n) is 11.9. The number of nitrogens with zero attached hydrogens (tertiary/aromatic N) is 3. The molecule has 0 fully saturated rings. The minimum Gasteiger partial charge on any atom is -0.465 e. The Morgan fingerprint density at radius 3 is 2.70 bits per heavy atom. The largest absolute Gasteiger partial charge is 0.465 e. The van der Waals surface area contributed by atoms with E-state index < -0.39 is 6.09 Å². The molecule has 2 aromatic heterocycles. The monoisotopic (exact) mass is 376 g/mol. The van der Waals surface area contributed by atoms with E-state index in [9.17, 15) is 9.59 Å². The molecule has 0 saturated heterocycles. The number of fused-ring (bicyclic) bond motifs is 1. The van der Waals surface area contributed by atoms with Crippen LogP contribution < -0.4 is 10.9 Å². The molecule has 118 valence electrons. The Labute approximate surface area is 139 Å². The van der Waals surface area contributed by atoms with Crippen molar-refractivity contribution in [1.29, 1.82) is 0 Å². The van der Waals surface area contributed by atoms with E-state index in [0.29, 0.717) is 27.9 Å². The van der Waals surface area contributed by atoms with Crippen LogP contribution in [0.4, 0.5) is 4.79 Å². The fourth-order valence-corrected chi connectivity index (χ4v) is 2.83. The van der Waals surface area contributed by atoms with Gasteiger partial charge in [0, 0.05) is 19.2 Å². The number of aromatic nitrogens is 3. The van der Waals surface area contributed by atoms with Crippen molar-refractivity contribution in [3.8, 4) is 5.69 Å². The van der Waals surface area contributed by atoms with E-state index in [1.807, 2.05) is 30.3 Å². The lowest BCUT2D eigenvalue weighted by Crippen LogP contribution is -2.30. The molecule has 0 aliphatic heterocycles. The van der Waals surface area contributed by atoms with Crippen molar-refractivity contribution in [2.75, 3.05) is 6.54 Å². The molecule has 2 heterocycles. The fourth-order valence-electron chi connectivity index (χ4n) is 2.36. The molecule has 0 bridgehead atoms. The molecule has 3 aromatic rings. The first kappa shape index (κ1) is 15.3. The highest BCUT2D eigenvalue weighted by Gasteiger charge is 2.15. The van der Waals surface area contributed by atoms with Gasteiger partial charge in [0.2, 0.25) is 0 Å². The van der Waals surface area contributed by atoms with E-state index in [0.717, 1.165) is 0 Å². The molecule has 1 aromatic carbocycles. The molecule has 8 heteroatoms. The van der Waals surface area contributed by atoms with Gasteiger partial charge in [0.1, 0.15) is 11.3 Å². The first-order valence-corrected chi connectivity index (χ1v) is 7.68. The zero-order valence-corrected chi connectivity index (χ0v) is 13.5. The Bertz CT molecular complexity index is 918. The van der Waals surface area contributed by atoms with Crippen LogP contribution in [0.25, 0.3) is 11.2 Å². The van der Waals surface area contributed by atoms with Crippen molar-refractivity contribution in [2.45, 2.75) is 6.42 Å². The van der Waals surface area contributed by atoms with Crippen LogP contribution in [0.15, 0.2) is 51.9 Å². The number of hydrogen-bond donors (Lipinski definition) is 2. The Hall–Kier alpha value is -2.61. The summed E-state index contributed by atoms with van der Waals surface area (Å²) in [6, 6.07) is 10.9. The van der Waals surface area contributed by atoms with E-state index in [1.165, 1.54) is 9.08 Å². The number of amides is 1. The van der Waals surface area contributed by atoms with Gasteiger partial charge in [-0.2, -0.15) is 5.10 Å². The van der Waals surface area contributed by atoms with Crippen molar-refractivity contribution >= 4 is 27.5 Å². The molecule has 3 rings (SSSR count). The lowest BCUT2D eigenvalue weighted by molar-refractivity contribution is 0.194. The van der Waals surface area contributed by atoms with E-state index in [1.54, 1.807) is 12.3 Å². The molecule has 7 nitrogen and oxygen atoms in total. The predicted molar refractivity (Wildman–Crippen MR) is 88.2 cm³/mol. The normalized spacial score (nSPS) is 10.8. The van der Waals surface area contributed by atoms with Crippen LogP contribution in [0.5, 0.6) is 0 Å². The SMILES string of the molecule is O=C(O)NCCc1nn2ccc(Br)c2c(=O)n1-c1ccccc1.